The summed E-state index contributed by atoms with van der Waals surface area (Å²) in [5, 5.41) is 3.97. The summed E-state index contributed by atoms with van der Waals surface area (Å²) in [5.41, 5.74) is 5.03. The smallest absolute Gasteiger partial charge is 0.336 e. The lowest BCUT2D eigenvalue weighted by Crippen LogP contribution is -2.25. The maximum absolute atomic E-state index is 12.4. The number of aryl methyl sites for hydroxylation is 2. The van der Waals surface area contributed by atoms with Crippen molar-refractivity contribution in [2.45, 2.75) is 52.4 Å². The zero-order valence-corrected chi connectivity index (χ0v) is 19.5. The average molecular weight is 457 g/mol. The van der Waals surface area contributed by atoms with E-state index in [4.69, 9.17) is 8.83 Å². The summed E-state index contributed by atoms with van der Waals surface area (Å²) in [5.74, 6) is 0.828. The van der Waals surface area contributed by atoms with E-state index in [-0.39, 0.29) is 11.5 Å². The highest BCUT2D eigenvalue weighted by atomic mass is 16.4. The van der Waals surface area contributed by atoms with Crippen molar-refractivity contribution < 1.29 is 13.6 Å². The molecule has 1 saturated carbocycles. The Morgan fingerprint density at radius 2 is 1.82 bits per heavy atom. The van der Waals surface area contributed by atoms with E-state index in [0.717, 1.165) is 46.2 Å². The molecule has 1 aliphatic carbocycles. The van der Waals surface area contributed by atoms with Gasteiger partial charge in [-0.05, 0) is 73.2 Å². The van der Waals surface area contributed by atoms with Crippen molar-refractivity contribution in [3.05, 3.63) is 105 Å². The third kappa shape index (κ3) is 4.97. The molecule has 174 valence electrons. The Labute approximate surface area is 198 Å². The van der Waals surface area contributed by atoms with E-state index in [1.165, 1.54) is 0 Å². The SMILES string of the molecule is Cc1ccc2c(CN(Cc3ccc(C(=O)NC4CC4)cc3)Cc3ccco3)cc(=O)oc2c1C. The van der Waals surface area contributed by atoms with E-state index in [1.54, 1.807) is 12.3 Å². The highest BCUT2D eigenvalue weighted by Gasteiger charge is 2.23. The van der Waals surface area contributed by atoms with Crippen LogP contribution in [-0.2, 0) is 19.6 Å². The molecule has 1 fully saturated rings. The summed E-state index contributed by atoms with van der Waals surface area (Å²) in [7, 11) is 0. The molecule has 0 aliphatic heterocycles. The molecular formula is C28H28N2O4. The van der Waals surface area contributed by atoms with Crippen molar-refractivity contribution in [3.63, 3.8) is 0 Å². The van der Waals surface area contributed by atoms with Gasteiger partial charge in [0.15, 0.2) is 0 Å². The summed E-state index contributed by atoms with van der Waals surface area (Å²) in [6.45, 7) is 5.77. The van der Waals surface area contributed by atoms with Gasteiger partial charge in [0.1, 0.15) is 11.3 Å². The van der Waals surface area contributed by atoms with Crippen molar-refractivity contribution in [1.29, 1.82) is 0 Å². The van der Waals surface area contributed by atoms with Gasteiger partial charge >= 0.3 is 5.63 Å². The number of fused-ring (bicyclic) bond motifs is 1. The Kier molecular flexibility index (Phi) is 6.07. The number of amides is 1. The number of carbonyl (C=O) groups excluding carboxylic acids is 1. The van der Waals surface area contributed by atoms with Crippen LogP contribution in [0.25, 0.3) is 11.0 Å². The summed E-state index contributed by atoms with van der Waals surface area (Å²) < 4.78 is 11.2. The molecule has 0 bridgehead atoms. The number of hydrogen-bond acceptors (Lipinski definition) is 5. The van der Waals surface area contributed by atoms with Gasteiger partial charge in [0.05, 0.1) is 12.8 Å². The monoisotopic (exact) mass is 456 g/mol. The Hall–Kier alpha value is -3.64. The number of nitrogens with zero attached hydrogens (tertiary/aromatic N) is 1. The minimum absolute atomic E-state index is 0.0189. The van der Waals surface area contributed by atoms with Crippen molar-refractivity contribution >= 4 is 16.9 Å². The van der Waals surface area contributed by atoms with E-state index in [9.17, 15) is 9.59 Å². The minimum atomic E-state index is -0.347. The van der Waals surface area contributed by atoms with Gasteiger partial charge in [0.25, 0.3) is 5.91 Å². The van der Waals surface area contributed by atoms with Crippen LogP contribution in [0.1, 0.15) is 51.2 Å². The number of hydrogen-bond donors (Lipinski definition) is 1. The third-order valence-electron chi connectivity index (χ3n) is 6.41. The highest BCUT2D eigenvalue weighted by Crippen LogP contribution is 2.25. The molecule has 0 spiro atoms. The molecule has 2 heterocycles. The van der Waals surface area contributed by atoms with Crippen molar-refractivity contribution in [1.82, 2.24) is 10.2 Å². The third-order valence-corrected chi connectivity index (χ3v) is 6.41. The Morgan fingerprint density at radius 3 is 2.53 bits per heavy atom. The molecule has 1 N–H and O–H groups in total. The van der Waals surface area contributed by atoms with Crippen LogP contribution in [0.5, 0.6) is 0 Å². The zero-order valence-electron chi connectivity index (χ0n) is 19.5. The van der Waals surface area contributed by atoms with Gasteiger partial charge in [0.2, 0.25) is 0 Å². The predicted molar refractivity (Wildman–Crippen MR) is 131 cm³/mol. The minimum Gasteiger partial charge on any atom is -0.468 e. The Balaban J connectivity index is 1.41. The molecule has 4 aromatic rings. The quantitative estimate of drug-likeness (QED) is 0.374. The molecule has 6 heteroatoms. The standard InChI is InChI=1S/C28H28N2O4/c1-18-5-12-25-22(14-26(31)34-27(25)19(18)2)16-30(17-24-4-3-13-33-24)15-20-6-8-21(9-7-20)28(32)29-23-10-11-23/h3-9,12-14,23H,10-11,15-17H2,1-2H3,(H,29,32). The lowest BCUT2D eigenvalue weighted by molar-refractivity contribution is 0.0951. The zero-order chi connectivity index (χ0) is 23.7. The largest absolute Gasteiger partial charge is 0.468 e. The van der Waals surface area contributed by atoms with Gasteiger partial charge in [-0.25, -0.2) is 4.79 Å². The van der Waals surface area contributed by atoms with Crippen LogP contribution in [0, 0.1) is 13.8 Å². The van der Waals surface area contributed by atoms with Crippen LogP contribution >= 0.6 is 0 Å². The lowest BCUT2D eigenvalue weighted by Gasteiger charge is -2.22. The molecule has 2 aromatic carbocycles. The van der Waals surface area contributed by atoms with Crippen LogP contribution in [0.3, 0.4) is 0 Å². The molecule has 1 aliphatic rings. The number of carbonyl (C=O) groups is 1. The maximum atomic E-state index is 12.4. The van der Waals surface area contributed by atoms with Gasteiger partial charge in [-0.1, -0.05) is 24.3 Å². The molecule has 5 rings (SSSR count). The van der Waals surface area contributed by atoms with Gasteiger partial charge in [0, 0.05) is 36.1 Å². The highest BCUT2D eigenvalue weighted by molar-refractivity contribution is 5.94. The fourth-order valence-corrected chi connectivity index (χ4v) is 4.20. The second-order valence-electron chi connectivity index (χ2n) is 9.14. The topological polar surface area (TPSA) is 75.7 Å². The van der Waals surface area contributed by atoms with Gasteiger partial charge in [-0.3, -0.25) is 9.69 Å². The van der Waals surface area contributed by atoms with Crippen molar-refractivity contribution in [2.24, 2.45) is 0 Å². The number of nitrogens with one attached hydrogen (secondary N) is 1. The lowest BCUT2D eigenvalue weighted by atomic mass is 10.0. The maximum Gasteiger partial charge on any atom is 0.336 e. The molecule has 34 heavy (non-hydrogen) atoms. The first-order valence-electron chi connectivity index (χ1n) is 11.6. The van der Waals surface area contributed by atoms with E-state index in [1.807, 2.05) is 56.3 Å². The molecular weight excluding hydrogens is 428 g/mol. The molecule has 0 radical (unpaired) electrons. The number of benzene rings is 2. The molecule has 2 aromatic heterocycles. The summed E-state index contributed by atoms with van der Waals surface area (Å²) in [6.07, 6.45) is 3.80. The molecule has 1 amide bonds. The average Bonchev–Trinajstić information content (AvgIpc) is 3.48. The molecule has 6 nitrogen and oxygen atoms in total. The van der Waals surface area contributed by atoms with Crippen molar-refractivity contribution in [2.75, 3.05) is 0 Å². The molecule has 0 saturated heterocycles. The van der Waals surface area contributed by atoms with Crippen LogP contribution in [0.2, 0.25) is 0 Å². The summed E-state index contributed by atoms with van der Waals surface area (Å²) >= 11 is 0. The van der Waals surface area contributed by atoms with Crippen LogP contribution in [0.15, 0.2) is 74.5 Å². The number of furan rings is 1. The first-order valence-corrected chi connectivity index (χ1v) is 11.6. The Bertz CT molecular complexity index is 1370. The first-order chi connectivity index (χ1) is 16.5. The predicted octanol–water partition coefficient (Wildman–Crippen LogP) is 5.10. The fourth-order valence-electron chi connectivity index (χ4n) is 4.20. The van der Waals surface area contributed by atoms with E-state index in [2.05, 4.69) is 16.3 Å². The Morgan fingerprint density at radius 1 is 1.03 bits per heavy atom. The summed E-state index contributed by atoms with van der Waals surface area (Å²) in [4.78, 5) is 26.9. The van der Waals surface area contributed by atoms with Crippen molar-refractivity contribution in [3.8, 4) is 0 Å². The van der Waals surface area contributed by atoms with Gasteiger partial charge < -0.3 is 14.2 Å². The molecule has 0 atom stereocenters. The van der Waals surface area contributed by atoms with E-state index < -0.39 is 0 Å². The normalized spacial score (nSPS) is 13.5. The fraction of sp³-hybridized carbons (Fsp3) is 0.286. The summed E-state index contributed by atoms with van der Waals surface area (Å²) in [6, 6.07) is 17.5. The van der Waals surface area contributed by atoms with Gasteiger partial charge in [-0.15, -0.1) is 0 Å². The second-order valence-corrected chi connectivity index (χ2v) is 9.14. The first kappa shape index (κ1) is 22.2. The van der Waals surface area contributed by atoms with Crippen LogP contribution < -0.4 is 10.9 Å². The number of rotatable bonds is 8. The second kappa shape index (κ2) is 9.31. The van der Waals surface area contributed by atoms with Crippen LogP contribution in [-0.4, -0.2) is 16.8 Å². The van der Waals surface area contributed by atoms with Crippen LogP contribution in [0.4, 0.5) is 0 Å². The van der Waals surface area contributed by atoms with E-state index in [0.29, 0.717) is 36.8 Å². The van der Waals surface area contributed by atoms with Gasteiger partial charge in [-0.2, -0.15) is 0 Å². The molecule has 0 unspecified atom stereocenters. The van der Waals surface area contributed by atoms with E-state index >= 15 is 0 Å².